The Balaban J connectivity index is 1.92. The van der Waals surface area contributed by atoms with Crippen LogP contribution in [0.5, 0.6) is 0 Å². The van der Waals surface area contributed by atoms with Gasteiger partial charge in [-0.2, -0.15) is 0 Å². The van der Waals surface area contributed by atoms with E-state index < -0.39 is 23.3 Å². The Bertz CT molecular complexity index is 755. The first kappa shape index (κ1) is 13.4. The Labute approximate surface area is 118 Å². The number of rotatable bonds is 3. The number of carbonyl (C=O) groups excluding carboxylic acids is 2. The van der Waals surface area contributed by atoms with Crippen LogP contribution in [0.1, 0.15) is 16.2 Å². The highest BCUT2D eigenvalue weighted by molar-refractivity contribution is 6.52. The molecule has 0 N–H and O–H groups in total. The molecule has 7 heteroatoms. The van der Waals surface area contributed by atoms with Crippen molar-refractivity contribution < 1.29 is 18.4 Å². The quantitative estimate of drug-likeness (QED) is 0.809. The van der Waals surface area contributed by atoms with E-state index in [4.69, 9.17) is 0 Å². The van der Waals surface area contributed by atoms with Crippen molar-refractivity contribution in [2.45, 2.75) is 13.5 Å². The van der Waals surface area contributed by atoms with Crippen molar-refractivity contribution in [2.75, 3.05) is 11.4 Å². The van der Waals surface area contributed by atoms with Gasteiger partial charge in [0, 0.05) is 31.5 Å². The monoisotopic (exact) mass is 291 g/mol. The summed E-state index contributed by atoms with van der Waals surface area (Å²) in [5, 5.41) is 0. The number of benzene rings is 1. The molecule has 21 heavy (non-hydrogen) atoms. The lowest BCUT2D eigenvalue weighted by Crippen LogP contribution is -2.32. The van der Waals surface area contributed by atoms with Gasteiger partial charge in [-0.25, -0.2) is 13.8 Å². The summed E-state index contributed by atoms with van der Waals surface area (Å²) in [6, 6.07) is 1.61. The summed E-state index contributed by atoms with van der Waals surface area (Å²) >= 11 is 0. The molecule has 0 bridgehead atoms. The van der Waals surface area contributed by atoms with E-state index >= 15 is 0 Å². The average Bonchev–Trinajstić information content (AvgIpc) is 2.92. The second-order valence-corrected chi connectivity index (χ2v) is 4.74. The number of Topliss-reactive ketones (excluding diaryl/α,β-unsaturated/α-hetero) is 1. The third-order valence-electron chi connectivity index (χ3n) is 3.48. The van der Waals surface area contributed by atoms with Gasteiger partial charge in [0.05, 0.1) is 11.3 Å². The van der Waals surface area contributed by atoms with Crippen LogP contribution >= 0.6 is 0 Å². The summed E-state index contributed by atoms with van der Waals surface area (Å²) < 4.78 is 28.8. The molecule has 0 unspecified atom stereocenters. The Hall–Kier alpha value is -2.57. The number of fused-ring (bicyclic) bond motifs is 1. The second kappa shape index (κ2) is 4.76. The summed E-state index contributed by atoms with van der Waals surface area (Å²) in [6.07, 6.45) is 3.34. The molecule has 5 nitrogen and oxygen atoms in total. The van der Waals surface area contributed by atoms with Gasteiger partial charge in [-0.1, -0.05) is 0 Å². The normalized spacial score (nSPS) is 14.0. The van der Waals surface area contributed by atoms with E-state index in [0.717, 1.165) is 16.8 Å². The van der Waals surface area contributed by atoms with Gasteiger partial charge in [0.15, 0.2) is 0 Å². The first-order valence-electron chi connectivity index (χ1n) is 6.32. The van der Waals surface area contributed by atoms with Crippen molar-refractivity contribution >= 4 is 17.4 Å². The van der Waals surface area contributed by atoms with Gasteiger partial charge in [0.1, 0.15) is 17.5 Å². The van der Waals surface area contributed by atoms with E-state index in [0.29, 0.717) is 12.6 Å². The highest BCUT2D eigenvalue weighted by atomic mass is 19.1. The van der Waals surface area contributed by atoms with Crippen LogP contribution in [0.15, 0.2) is 24.5 Å². The zero-order valence-corrected chi connectivity index (χ0v) is 11.1. The lowest BCUT2D eigenvalue weighted by atomic mass is 10.1. The molecule has 2 aromatic rings. The summed E-state index contributed by atoms with van der Waals surface area (Å²) in [5.41, 5.74) is -0.371. The van der Waals surface area contributed by atoms with E-state index in [1.807, 2.05) is 0 Å². The summed E-state index contributed by atoms with van der Waals surface area (Å²) in [7, 11) is 0. The maximum atomic E-state index is 13.7. The molecule has 0 saturated carbocycles. The molecule has 108 valence electrons. The van der Waals surface area contributed by atoms with Crippen molar-refractivity contribution in [3.05, 3.63) is 47.5 Å². The van der Waals surface area contributed by atoms with Crippen LogP contribution in [-0.4, -0.2) is 27.8 Å². The van der Waals surface area contributed by atoms with E-state index in [2.05, 4.69) is 4.98 Å². The molecule has 1 aromatic carbocycles. The average molecular weight is 291 g/mol. The number of hydrogen-bond donors (Lipinski definition) is 0. The highest BCUT2D eigenvalue weighted by Gasteiger charge is 2.38. The molecule has 0 aliphatic carbocycles. The number of halogens is 2. The van der Waals surface area contributed by atoms with Crippen LogP contribution in [0.2, 0.25) is 0 Å². The zero-order chi connectivity index (χ0) is 15.1. The molecule has 0 saturated heterocycles. The first-order valence-corrected chi connectivity index (χ1v) is 6.32. The predicted octanol–water partition coefficient (Wildman–Crippen LogP) is 1.70. The Morgan fingerprint density at radius 3 is 2.62 bits per heavy atom. The smallest absolute Gasteiger partial charge is 0.299 e. The SMILES string of the molecule is Cc1nccn1CCN1C(=O)C(=O)c2c(F)cc(F)cc21. The zero-order valence-electron chi connectivity index (χ0n) is 11.1. The van der Waals surface area contributed by atoms with Gasteiger partial charge >= 0.3 is 0 Å². The number of nitrogens with zero attached hydrogens (tertiary/aromatic N) is 3. The number of anilines is 1. The van der Waals surface area contributed by atoms with Crippen molar-refractivity contribution in [2.24, 2.45) is 0 Å². The molecule has 0 spiro atoms. The third-order valence-corrected chi connectivity index (χ3v) is 3.48. The summed E-state index contributed by atoms with van der Waals surface area (Å²) in [6.45, 7) is 2.31. The van der Waals surface area contributed by atoms with Gasteiger partial charge in [-0.15, -0.1) is 0 Å². The minimum Gasteiger partial charge on any atom is -0.333 e. The third kappa shape index (κ3) is 2.10. The van der Waals surface area contributed by atoms with Crippen LogP contribution < -0.4 is 4.90 Å². The number of carbonyl (C=O) groups is 2. The Morgan fingerprint density at radius 1 is 1.19 bits per heavy atom. The second-order valence-electron chi connectivity index (χ2n) is 4.74. The van der Waals surface area contributed by atoms with Crippen molar-refractivity contribution in [3.8, 4) is 0 Å². The fourth-order valence-electron chi connectivity index (χ4n) is 2.41. The molecule has 1 aromatic heterocycles. The lowest BCUT2D eigenvalue weighted by molar-refractivity contribution is -0.114. The van der Waals surface area contributed by atoms with E-state index in [-0.39, 0.29) is 17.8 Å². The molecule has 0 fully saturated rings. The van der Waals surface area contributed by atoms with Crippen molar-refractivity contribution in [3.63, 3.8) is 0 Å². The van der Waals surface area contributed by atoms with Gasteiger partial charge in [0.25, 0.3) is 11.7 Å². The molecule has 2 heterocycles. The molecular formula is C14H11F2N3O2. The number of aromatic nitrogens is 2. The molecule has 1 aliphatic heterocycles. The minimum atomic E-state index is -1.01. The van der Waals surface area contributed by atoms with E-state index in [1.165, 1.54) is 0 Å². The van der Waals surface area contributed by atoms with Gasteiger partial charge in [0.2, 0.25) is 0 Å². The maximum absolute atomic E-state index is 13.7. The molecular weight excluding hydrogens is 280 g/mol. The highest BCUT2D eigenvalue weighted by Crippen LogP contribution is 2.31. The van der Waals surface area contributed by atoms with Gasteiger partial charge < -0.3 is 9.47 Å². The van der Waals surface area contributed by atoms with Crippen molar-refractivity contribution in [1.82, 2.24) is 9.55 Å². The minimum absolute atomic E-state index is 0.0136. The van der Waals surface area contributed by atoms with Crippen LogP contribution in [-0.2, 0) is 11.3 Å². The molecule has 0 atom stereocenters. The lowest BCUT2D eigenvalue weighted by Gasteiger charge is -2.17. The number of ketones is 1. The van der Waals surface area contributed by atoms with E-state index in [1.54, 1.807) is 23.9 Å². The maximum Gasteiger partial charge on any atom is 0.299 e. The van der Waals surface area contributed by atoms with Gasteiger partial charge in [-0.3, -0.25) is 9.59 Å². The molecule has 1 amide bonds. The van der Waals surface area contributed by atoms with Crippen LogP contribution in [0.4, 0.5) is 14.5 Å². The predicted molar refractivity (Wildman–Crippen MR) is 70.0 cm³/mol. The van der Waals surface area contributed by atoms with Crippen LogP contribution in [0.25, 0.3) is 0 Å². The summed E-state index contributed by atoms with van der Waals surface area (Å²) in [4.78, 5) is 28.9. The number of amides is 1. The standard InChI is InChI=1S/C14H11F2N3O2/c1-8-17-2-3-18(8)4-5-19-11-7-9(15)6-10(16)12(11)13(20)14(19)21/h2-3,6-7H,4-5H2,1H3. The van der Waals surface area contributed by atoms with Crippen molar-refractivity contribution in [1.29, 1.82) is 0 Å². The van der Waals surface area contributed by atoms with Crippen LogP contribution in [0, 0.1) is 18.6 Å². The number of hydrogen-bond acceptors (Lipinski definition) is 3. The number of aryl methyl sites for hydroxylation is 1. The molecule has 3 rings (SSSR count). The number of imidazole rings is 1. The Morgan fingerprint density at radius 2 is 1.95 bits per heavy atom. The van der Waals surface area contributed by atoms with Crippen LogP contribution in [0.3, 0.4) is 0 Å². The van der Waals surface area contributed by atoms with E-state index in [9.17, 15) is 18.4 Å². The fourth-order valence-corrected chi connectivity index (χ4v) is 2.41. The summed E-state index contributed by atoms with van der Waals surface area (Å²) in [5.74, 6) is -2.86. The Kier molecular flexibility index (Phi) is 3.04. The van der Waals surface area contributed by atoms with Gasteiger partial charge in [-0.05, 0) is 13.0 Å². The fraction of sp³-hybridized carbons (Fsp3) is 0.214. The topological polar surface area (TPSA) is 55.2 Å². The largest absolute Gasteiger partial charge is 0.333 e. The molecule has 0 radical (unpaired) electrons. The first-order chi connectivity index (χ1) is 9.99. The molecule has 1 aliphatic rings.